The molecule has 0 spiro atoms. The first-order valence-electron chi connectivity index (χ1n) is 17.9. The maximum Gasteiger partial charge on any atom is 0.189 e. The van der Waals surface area contributed by atoms with Crippen LogP contribution >= 0.6 is 22.7 Å². The van der Waals surface area contributed by atoms with Crippen molar-refractivity contribution in [3.8, 4) is 32.4 Å². The highest BCUT2D eigenvalue weighted by atomic mass is 32.1. The molecule has 0 aliphatic rings. The van der Waals surface area contributed by atoms with E-state index < -0.39 is 0 Å². The van der Waals surface area contributed by atoms with E-state index in [4.69, 9.17) is 19.4 Å². The molecule has 0 saturated heterocycles. The third-order valence-electron chi connectivity index (χ3n) is 8.75. The van der Waals surface area contributed by atoms with E-state index in [1.807, 2.05) is 6.07 Å². The fourth-order valence-corrected chi connectivity index (χ4v) is 7.63. The lowest BCUT2D eigenvalue weighted by atomic mass is 10.0. The van der Waals surface area contributed by atoms with Crippen molar-refractivity contribution in [3.63, 3.8) is 0 Å². The van der Waals surface area contributed by atoms with Gasteiger partial charge in [-0.15, -0.1) is 22.7 Å². The minimum Gasteiger partial charge on any atom is -0.490 e. The van der Waals surface area contributed by atoms with Crippen molar-refractivity contribution in [2.24, 2.45) is 0 Å². The smallest absolute Gasteiger partial charge is 0.189 e. The van der Waals surface area contributed by atoms with Crippen LogP contribution in [-0.2, 0) is 0 Å². The van der Waals surface area contributed by atoms with E-state index in [0.717, 1.165) is 57.5 Å². The summed E-state index contributed by atoms with van der Waals surface area (Å²) >= 11 is 3.47. The average molecular weight is 657 g/mol. The van der Waals surface area contributed by atoms with Gasteiger partial charge in [-0.1, -0.05) is 128 Å². The van der Waals surface area contributed by atoms with Gasteiger partial charge in [-0.25, -0.2) is 9.97 Å². The highest BCUT2D eigenvalue weighted by Crippen LogP contribution is 2.41. The number of benzene rings is 2. The van der Waals surface area contributed by atoms with Crippen LogP contribution < -0.4 is 9.47 Å². The van der Waals surface area contributed by atoms with Crippen LogP contribution in [-0.4, -0.2) is 23.2 Å². The molecule has 0 N–H and O–H groups in total. The van der Waals surface area contributed by atoms with Crippen molar-refractivity contribution in [2.45, 2.75) is 117 Å². The van der Waals surface area contributed by atoms with E-state index in [9.17, 15) is 0 Å². The van der Waals surface area contributed by atoms with Crippen LogP contribution in [0.2, 0.25) is 0 Å². The van der Waals surface area contributed by atoms with Crippen LogP contribution in [0.1, 0.15) is 117 Å². The molecule has 0 aliphatic heterocycles. The summed E-state index contributed by atoms with van der Waals surface area (Å²) in [6.45, 7) is 5.90. The first kappa shape index (κ1) is 34.4. The Balaban J connectivity index is 1.38. The third kappa shape index (κ3) is 9.54. The van der Waals surface area contributed by atoms with E-state index in [1.54, 1.807) is 22.7 Å². The Morgan fingerprint density at radius 1 is 0.500 bits per heavy atom. The van der Waals surface area contributed by atoms with E-state index in [0.29, 0.717) is 13.2 Å². The number of rotatable bonds is 22. The molecule has 0 atom stereocenters. The van der Waals surface area contributed by atoms with Crippen molar-refractivity contribution in [3.05, 3.63) is 59.3 Å². The lowest BCUT2D eigenvalue weighted by molar-refractivity contribution is 0.260. The Hall–Kier alpha value is -2.96. The summed E-state index contributed by atoms with van der Waals surface area (Å²) < 4.78 is 13.0. The maximum absolute atomic E-state index is 6.59. The summed E-state index contributed by atoms with van der Waals surface area (Å²) in [5.41, 5.74) is 5.72. The van der Waals surface area contributed by atoms with E-state index in [2.05, 4.69) is 67.1 Å². The van der Waals surface area contributed by atoms with Gasteiger partial charge in [0.2, 0.25) is 0 Å². The molecule has 6 heteroatoms. The number of nitrogens with zero attached hydrogens (tertiary/aromatic N) is 2. The maximum atomic E-state index is 6.59. The molecular formula is C40H52N2O2S2. The molecule has 0 unspecified atom stereocenters. The lowest BCUT2D eigenvalue weighted by Crippen LogP contribution is -2.05. The van der Waals surface area contributed by atoms with E-state index >= 15 is 0 Å². The van der Waals surface area contributed by atoms with Crippen LogP contribution in [0.4, 0.5) is 0 Å². The monoisotopic (exact) mass is 656 g/mol. The molecule has 4 nitrogen and oxygen atoms in total. The summed E-state index contributed by atoms with van der Waals surface area (Å²) in [5.74, 6) is 1.53. The van der Waals surface area contributed by atoms with Crippen LogP contribution in [0.25, 0.3) is 42.9 Å². The molecule has 246 valence electrons. The van der Waals surface area contributed by atoms with E-state index in [1.165, 1.54) is 99.6 Å². The van der Waals surface area contributed by atoms with Gasteiger partial charge in [-0.05, 0) is 47.9 Å². The molecule has 3 heterocycles. The third-order valence-corrected chi connectivity index (χ3v) is 10.6. The largest absolute Gasteiger partial charge is 0.490 e. The average Bonchev–Trinajstić information content (AvgIpc) is 3.82. The van der Waals surface area contributed by atoms with Gasteiger partial charge in [-0.2, -0.15) is 0 Å². The fraction of sp³-hybridized carbons (Fsp3) is 0.500. The van der Waals surface area contributed by atoms with Crippen molar-refractivity contribution >= 4 is 44.7 Å². The van der Waals surface area contributed by atoms with Crippen LogP contribution in [0.15, 0.2) is 59.3 Å². The summed E-state index contributed by atoms with van der Waals surface area (Å²) in [5, 5.41) is 4.24. The summed E-state index contributed by atoms with van der Waals surface area (Å²) in [6.07, 6.45) is 20.4. The molecule has 2 aromatic carbocycles. The minimum absolute atomic E-state index is 0.662. The summed E-state index contributed by atoms with van der Waals surface area (Å²) in [7, 11) is 0. The molecule has 0 bridgehead atoms. The zero-order chi connectivity index (χ0) is 31.8. The molecule has 0 saturated carbocycles. The van der Waals surface area contributed by atoms with Crippen LogP contribution in [0, 0.1) is 0 Å². The summed E-state index contributed by atoms with van der Waals surface area (Å²) in [6, 6.07) is 17.0. The number of unbranched alkanes of at least 4 members (excludes halogenated alkanes) is 14. The van der Waals surface area contributed by atoms with Crippen LogP contribution in [0.3, 0.4) is 0 Å². The van der Waals surface area contributed by atoms with Crippen molar-refractivity contribution in [1.82, 2.24) is 9.97 Å². The highest BCUT2D eigenvalue weighted by molar-refractivity contribution is 7.14. The predicted octanol–water partition coefficient (Wildman–Crippen LogP) is 13.3. The standard InChI is InChI=1S/C40H52N2O2S2/c1-3-5-7-9-11-13-15-17-27-43-34-26-25-33-39(40(34)44-28-18-16-14-12-10-8-6-4-2)42-38-32(36-22-20-30-46-36)24-23-31(37(38)41-33)35-21-19-29-45-35/h19-26,29-30H,3-18,27-28H2,1-2H3. The number of thiophene rings is 2. The second-order valence-corrected chi connectivity index (χ2v) is 14.3. The quantitative estimate of drug-likeness (QED) is 0.0549. The molecule has 5 aromatic rings. The van der Waals surface area contributed by atoms with Gasteiger partial charge in [-0.3, -0.25) is 0 Å². The Morgan fingerprint density at radius 3 is 1.52 bits per heavy atom. The first-order valence-corrected chi connectivity index (χ1v) is 19.7. The zero-order valence-electron chi connectivity index (χ0n) is 28.0. The normalized spacial score (nSPS) is 11.5. The van der Waals surface area contributed by atoms with Gasteiger partial charge in [0.15, 0.2) is 11.5 Å². The Labute approximate surface area is 284 Å². The van der Waals surface area contributed by atoms with Gasteiger partial charge in [0.25, 0.3) is 0 Å². The van der Waals surface area contributed by atoms with Crippen molar-refractivity contribution in [1.29, 1.82) is 0 Å². The van der Waals surface area contributed by atoms with Crippen molar-refractivity contribution < 1.29 is 9.47 Å². The zero-order valence-corrected chi connectivity index (χ0v) is 29.7. The molecule has 0 fully saturated rings. The number of fused-ring (bicyclic) bond motifs is 2. The second kappa shape index (κ2) is 19.0. The Bertz CT molecular complexity index is 1580. The molecule has 0 radical (unpaired) electrons. The SMILES string of the molecule is CCCCCCCCCCOc1ccc2nc3c(-c4cccs4)ccc(-c4cccs4)c3nc2c1OCCCCCCCCCC. The Kier molecular flexibility index (Phi) is 14.2. The molecular weight excluding hydrogens is 605 g/mol. The van der Waals surface area contributed by atoms with Gasteiger partial charge in [0.05, 0.1) is 29.8 Å². The molecule has 46 heavy (non-hydrogen) atoms. The molecule has 5 rings (SSSR count). The summed E-state index contributed by atoms with van der Waals surface area (Å²) in [4.78, 5) is 13.0. The van der Waals surface area contributed by atoms with E-state index in [-0.39, 0.29) is 0 Å². The second-order valence-electron chi connectivity index (χ2n) is 12.4. The minimum atomic E-state index is 0.662. The molecule has 0 aliphatic carbocycles. The van der Waals surface area contributed by atoms with Gasteiger partial charge >= 0.3 is 0 Å². The van der Waals surface area contributed by atoms with Gasteiger partial charge in [0, 0.05) is 20.9 Å². The van der Waals surface area contributed by atoms with Crippen molar-refractivity contribution in [2.75, 3.05) is 13.2 Å². The fourth-order valence-electron chi connectivity index (χ4n) is 6.12. The number of aromatic nitrogens is 2. The predicted molar refractivity (Wildman–Crippen MR) is 200 cm³/mol. The number of ether oxygens (including phenoxy) is 2. The number of hydrogen-bond acceptors (Lipinski definition) is 6. The lowest BCUT2D eigenvalue weighted by Gasteiger charge is -2.16. The van der Waals surface area contributed by atoms with Gasteiger partial charge < -0.3 is 9.47 Å². The number of hydrogen-bond donors (Lipinski definition) is 0. The molecule has 3 aromatic heterocycles. The topological polar surface area (TPSA) is 44.2 Å². The Morgan fingerprint density at radius 2 is 1.00 bits per heavy atom. The van der Waals surface area contributed by atoms with Crippen LogP contribution in [0.5, 0.6) is 11.5 Å². The highest BCUT2D eigenvalue weighted by Gasteiger charge is 2.19. The first-order chi connectivity index (χ1) is 22.8. The molecule has 0 amide bonds. The van der Waals surface area contributed by atoms with Gasteiger partial charge in [0.1, 0.15) is 5.52 Å².